The van der Waals surface area contributed by atoms with Crippen LogP contribution in [0.4, 0.5) is 0 Å². The molecule has 0 unspecified atom stereocenters. The van der Waals surface area contributed by atoms with Crippen LogP contribution in [0.2, 0.25) is 0 Å². The minimum Gasteiger partial charge on any atom is -0.504 e. The molecule has 0 heterocycles. The van der Waals surface area contributed by atoms with Crippen molar-refractivity contribution in [1.82, 2.24) is 0 Å². The Labute approximate surface area is 91.0 Å². The fraction of sp³-hybridized carbons (Fsp3) is 0.200. The average molecular weight is 258 g/mol. The maximum atomic E-state index is 9.45. The fourth-order valence-corrected chi connectivity index (χ4v) is 1.80. The standard InChI is InChI=1S/C10H12BrNO2/c1-6-5-8(13)10(14)9(11)7(6)3-2-4-12/h2-3,5,13-14H,4,12H2,1H3/b3-2+. The average Bonchev–Trinajstić information content (AvgIpc) is 2.14. The third-order valence-electron chi connectivity index (χ3n) is 1.89. The Balaban J connectivity index is 3.29. The molecule has 76 valence electrons. The second kappa shape index (κ2) is 4.48. The van der Waals surface area contributed by atoms with Gasteiger partial charge in [-0.1, -0.05) is 12.2 Å². The predicted molar refractivity (Wildman–Crippen MR) is 60.3 cm³/mol. The van der Waals surface area contributed by atoms with Crippen LogP contribution >= 0.6 is 15.9 Å². The summed E-state index contributed by atoms with van der Waals surface area (Å²) >= 11 is 3.21. The second-order valence-electron chi connectivity index (χ2n) is 2.93. The van der Waals surface area contributed by atoms with Crippen LogP contribution in [0.15, 0.2) is 16.6 Å². The Bertz CT molecular complexity index is 375. The highest BCUT2D eigenvalue weighted by atomic mass is 79.9. The number of halogens is 1. The normalized spacial score (nSPS) is 11.1. The first kappa shape index (κ1) is 11.1. The largest absolute Gasteiger partial charge is 0.504 e. The summed E-state index contributed by atoms with van der Waals surface area (Å²) in [7, 11) is 0. The number of nitrogens with two attached hydrogens (primary N) is 1. The van der Waals surface area contributed by atoms with Crippen LogP contribution in [0, 0.1) is 6.92 Å². The summed E-state index contributed by atoms with van der Waals surface area (Å²) in [5.74, 6) is -0.272. The molecule has 0 aliphatic heterocycles. The Morgan fingerprint density at radius 1 is 1.50 bits per heavy atom. The third-order valence-corrected chi connectivity index (χ3v) is 2.69. The predicted octanol–water partition coefficient (Wildman–Crippen LogP) is 2.14. The number of aryl methyl sites for hydroxylation is 1. The van der Waals surface area contributed by atoms with Crippen molar-refractivity contribution < 1.29 is 10.2 Å². The van der Waals surface area contributed by atoms with Crippen LogP contribution in [0.3, 0.4) is 0 Å². The number of hydrogen-bond acceptors (Lipinski definition) is 3. The van der Waals surface area contributed by atoms with Gasteiger partial charge in [0.05, 0.1) is 4.47 Å². The van der Waals surface area contributed by atoms with E-state index in [1.54, 1.807) is 12.2 Å². The zero-order valence-electron chi connectivity index (χ0n) is 7.79. The highest BCUT2D eigenvalue weighted by Gasteiger charge is 2.10. The minimum atomic E-state index is -0.146. The molecule has 0 aliphatic rings. The number of rotatable bonds is 2. The van der Waals surface area contributed by atoms with Gasteiger partial charge >= 0.3 is 0 Å². The molecule has 4 heteroatoms. The maximum absolute atomic E-state index is 9.45. The van der Waals surface area contributed by atoms with E-state index < -0.39 is 0 Å². The molecule has 0 amide bonds. The lowest BCUT2D eigenvalue weighted by Crippen LogP contribution is -1.93. The highest BCUT2D eigenvalue weighted by molar-refractivity contribution is 9.10. The molecule has 1 aromatic rings. The fourth-order valence-electron chi connectivity index (χ4n) is 1.15. The Kier molecular flexibility index (Phi) is 3.55. The van der Waals surface area contributed by atoms with Gasteiger partial charge in [0.2, 0.25) is 0 Å². The summed E-state index contributed by atoms with van der Waals surface area (Å²) in [4.78, 5) is 0. The van der Waals surface area contributed by atoms with Gasteiger partial charge in [0, 0.05) is 6.54 Å². The lowest BCUT2D eigenvalue weighted by Gasteiger charge is -2.07. The molecular weight excluding hydrogens is 246 g/mol. The molecule has 0 atom stereocenters. The van der Waals surface area contributed by atoms with Gasteiger partial charge in [-0.05, 0) is 40.0 Å². The SMILES string of the molecule is Cc1cc(O)c(O)c(Br)c1/C=C/CN. The van der Waals surface area contributed by atoms with Crippen molar-refractivity contribution in [2.24, 2.45) is 5.73 Å². The molecule has 4 N–H and O–H groups in total. The van der Waals surface area contributed by atoms with Crippen LogP contribution in [-0.2, 0) is 0 Å². The van der Waals surface area contributed by atoms with Crippen molar-refractivity contribution in [3.8, 4) is 11.5 Å². The van der Waals surface area contributed by atoms with E-state index in [1.807, 2.05) is 6.92 Å². The van der Waals surface area contributed by atoms with Gasteiger partial charge < -0.3 is 15.9 Å². The first-order valence-corrected chi connectivity index (χ1v) is 4.95. The van der Waals surface area contributed by atoms with E-state index in [0.29, 0.717) is 11.0 Å². The van der Waals surface area contributed by atoms with E-state index in [-0.39, 0.29) is 11.5 Å². The van der Waals surface area contributed by atoms with E-state index in [2.05, 4.69) is 15.9 Å². The Hall–Kier alpha value is -1.00. The van der Waals surface area contributed by atoms with Crippen LogP contribution in [-0.4, -0.2) is 16.8 Å². The number of phenols is 2. The van der Waals surface area contributed by atoms with E-state index in [1.165, 1.54) is 6.07 Å². The molecular formula is C10H12BrNO2. The van der Waals surface area contributed by atoms with E-state index in [4.69, 9.17) is 5.73 Å². The van der Waals surface area contributed by atoms with Crippen LogP contribution in [0.25, 0.3) is 6.08 Å². The molecule has 0 spiro atoms. The lowest BCUT2D eigenvalue weighted by molar-refractivity contribution is 0.401. The highest BCUT2D eigenvalue weighted by Crippen LogP contribution is 2.38. The van der Waals surface area contributed by atoms with Crippen molar-refractivity contribution in [2.75, 3.05) is 6.54 Å². The molecule has 0 radical (unpaired) electrons. The minimum absolute atomic E-state index is 0.126. The molecule has 1 rings (SSSR count). The lowest BCUT2D eigenvalue weighted by atomic mass is 10.1. The number of phenolic OH excluding ortho intramolecular Hbond substituents is 2. The summed E-state index contributed by atoms with van der Waals surface area (Å²) in [6.07, 6.45) is 3.59. The van der Waals surface area contributed by atoms with Gasteiger partial charge in [0.15, 0.2) is 11.5 Å². The quantitative estimate of drug-likeness (QED) is 0.712. The monoisotopic (exact) mass is 257 g/mol. The number of aromatic hydroxyl groups is 2. The number of hydrogen-bond donors (Lipinski definition) is 3. The van der Waals surface area contributed by atoms with Gasteiger partial charge in [0.1, 0.15) is 0 Å². The second-order valence-corrected chi connectivity index (χ2v) is 3.72. The van der Waals surface area contributed by atoms with Crippen molar-refractivity contribution >= 4 is 22.0 Å². The maximum Gasteiger partial charge on any atom is 0.172 e. The zero-order chi connectivity index (χ0) is 10.7. The topological polar surface area (TPSA) is 66.5 Å². The molecule has 0 bridgehead atoms. The third kappa shape index (κ3) is 2.08. The molecule has 1 aromatic carbocycles. The molecule has 3 nitrogen and oxygen atoms in total. The van der Waals surface area contributed by atoms with Crippen molar-refractivity contribution in [3.63, 3.8) is 0 Å². The van der Waals surface area contributed by atoms with Gasteiger partial charge in [-0.3, -0.25) is 0 Å². The molecule has 0 aliphatic carbocycles. The van der Waals surface area contributed by atoms with Gasteiger partial charge in [-0.2, -0.15) is 0 Å². The molecule has 0 aromatic heterocycles. The molecule has 0 fully saturated rings. The van der Waals surface area contributed by atoms with E-state index in [0.717, 1.165) is 11.1 Å². The summed E-state index contributed by atoms with van der Waals surface area (Å²) in [5, 5.41) is 18.8. The molecule has 0 saturated carbocycles. The van der Waals surface area contributed by atoms with Gasteiger partial charge in [-0.15, -0.1) is 0 Å². The van der Waals surface area contributed by atoms with Gasteiger partial charge in [0.25, 0.3) is 0 Å². The van der Waals surface area contributed by atoms with Gasteiger partial charge in [-0.25, -0.2) is 0 Å². The zero-order valence-corrected chi connectivity index (χ0v) is 9.37. The Morgan fingerprint density at radius 3 is 2.71 bits per heavy atom. The van der Waals surface area contributed by atoms with Crippen molar-refractivity contribution in [1.29, 1.82) is 0 Å². The van der Waals surface area contributed by atoms with Crippen LogP contribution < -0.4 is 5.73 Å². The van der Waals surface area contributed by atoms with Crippen LogP contribution in [0.5, 0.6) is 11.5 Å². The summed E-state index contributed by atoms with van der Waals surface area (Å²) in [5.41, 5.74) is 7.03. The Morgan fingerprint density at radius 2 is 2.14 bits per heavy atom. The smallest absolute Gasteiger partial charge is 0.172 e. The first-order chi connectivity index (χ1) is 6.57. The molecule has 0 saturated heterocycles. The summed E-state index contributed by atoms with van der Waals surface area (Å²) in [6.45, 7) is 2.29. The summed E-state index contributed by atoms with van der Waals surface area (Å²) < 4.78 is 0.486. The number of benzene rings is 1. The summed E-state index contributed by atoms with van der Waals surface area (Å²) in [6, 6.07) is 1.51. The van der Waals surface area contributed by atoms with E-state index in [9.17, 15) is 10.2 Å². The first-order valence-electron chi connectivity index (χ1n) is 4.15. The van der Waals surface area contributed by atoms with Crippen LogP contribution in [0.1, 0.15) is 11.1 Å². The van der Waals surface area contributed by atoms with Crippen molar-refractivity contribution in [2.45, 2.75) is 6.92 Å². The van der Waals surface area contributed by atoms with E-state index >= 15 is 0 Å². The molecule has 14 heavy (non-hydrogen) atoms. The van der Waals surface area contributed by atoms with Crippen molar-refractivity contribution in [3.05, 3.63) is 27.7 Å².